The molecule has 0 atom stereocenters. The van der Waals surface area contributed by atoms with Crippen LogP contribution in [-0.2, 0) is 0 Å². The third-order valence-corrected chi connectivity index (χ3v) is 2.76. The van der Waals surface area contributed by atoms with Crippen LogP contribution in [0.1, 0.15) is 10.4 Å². The summed E-state index contributed by atoms with van der Waals surface area (Å²) in [5.74, 6) is 0.884. The van der Waals surface area contributed by atoms with Gasteiger partial charge in [-0.2, -0.15) is 0 Å². The van der Waals surface area contributed by atoms with Crippen molar-refractivity contribution in [3.05, 3.63) is 48.2 Å². The summed E-state index contributed by atoms with van der Waals surface area (Å²) < 4.78 is 5.18. The molecule has 0 unspecified atom stereocenters. The van der Waals surface area contributed by atoms with E-state index in [4.69, 9.17) is 10.5 Å². The summed E-state index contributed by atoms with van der Waals surface area (Å²) in [6.07, 6.45) is 1.52. The molecule has 1 aromatic carbocycles. The van der Waals surface area contributed by atoms with E-state index in [2.05, 4.69) is 4.98 Å². The molecule has 0 aliphatic carbocycles. The molecule has 98 valence electrons. The number of benzene rings is 1. The number of anilines is 2. The van der Waals surface area contributed by atoms with E-state index in [1.165, 1.54) is 18.2 Å². The fourth-order valence-corrected chi connectivity index (χ4v) is 1.70. The predicted molar refractivity (Wildman–Crippen MR) is 74.4 cm³/mol. The molecule has 1 aromatic heterocycles. The SMILES string of the molecule is COc1ccccc1C(=O)N(C)c1ccc(N)cn1. The van der Waals surface area contributed by atoms with Crippen LogP contribution in [0.4, 0.5) is 11.5 Å². The molecule has 0 fully saturated rings. The van der Waals surface area contributed by atoms with Gasteiger partial charge in [0.1, 0.15) is 11.6 Å². The van der Waals surface area contributed by atoms with E-state index in [1.807, 2.05) is 6.07 Å². The second-order valence-electron chi connectivity index (χ2n) is 4.01. The average molecular weight is 257 g/mol. The zero-order valence-corrected chi connectivity index (χ0v) is 10.8. The van der Waals surface area contributed by atoms with Gasteiger partial charge < -0.3 is 10.5 Å². The van der Waals surface area contributed by atoms with Crippen LogP contribution in [0.25, 0.3) is 0 Å². The third kappa shape index (κ3) is 2.65. The first-order chi connectivity index (χ1) is 9.13. The summed E-state index contributed by atoms with van der Waals surface area (Å²) in [6.45, 7) is 0. The van der Waals surface area contributed by atoms with Gasteiger partial charge in [-0.1, -0.05) is 12.1 Å². The number of carbonyl (C=O) groups is 1. The van der Waals surface area contributed by atoms with E-state index in [0.717, 1.165) is 0 Å². The van der Waals surface area contributed by atoms with Crippen LogP contribution in [0.5, 0.6) is 5.75 Å². The highest BCUT2D eigenvalue weighted by Crippen LogP contribution is 2.21. The lowest BCUT2D eigenvalue weighted by molar-refractivity contribution is 0.0989. The first-order valence-electron chi connectivity index (χ1n) is 5.76. The summed E-state index contributed by atoms with van der Waals surface area (Å²) in [7, 11) is 3.20. The van der Waals surface area contributed by atoms with Crippen molar-refractivity contribution in [3.63, 3.8) is 0 Å². The molecule has 2 N–H and O–H groups in total. The molecular weight excluding hydrogens is 242 g/mol. The molecule has 0 aliphatic heterocycles. The van der Waals surface area contributed by atoms with Crippen LogP contribution in [0.3, 0.4) is 0 Å². The highest BCUT2D eigenvalue weighted by molar-refractivity contribution is 6.07. The van der Waals surface area contributed by atoms with Crippen molar-refractivity contribution in [2.24, 2.45) is 0 Å². The monoisotopic (exact) mass is 257 g/mol. The van der Waals surface area contributed by atoms with Crippen LogP contribution in [0.2, 0.25) is 0 Å². The van der Waals surface area contributed by atoms with E-state index in [1.54, 1.807) is 37.4 Å². The normalized spacial score (nSPS) is 10.0. The molecule has 2 aromatic rings. The number of methoxy groups -OCH3 is 1. The number of nitrogen functional groups attached to an aromatic ring is 1. The minimum atomic E-state index is -0.185. The summed E-state index contributed by atoms with van der Waals surface area (Å²) in [5, 5.41) is 0. The Bertz CT molecular complexity index is 581. The number of para-hydroxylation sites is 1. The van der Waals surface area contributed by atoms with E-state index in [-0.39, 0.29) is 5.91 Å². The molecule has 5 heteroatoms. The van der Waals surface area contributed by atoms with Crippen molar-refractivity contribution < 1.29 is 9.53 Å². The predicted octanol–water partition coefficient (Wildman–Crippen LogP) is 1.95. The number of hydrogen-bond donors (Lipinski definition) is 1. The first-order valence-corrected chi connectivity index (χ1v) is 5.76. The van der Waals surface area contributed by atoms with Crippen LogP contribution in [-0.4, -0.2) is 25.0 Å². The molecule has 1 heterocycles. The zero-order chi connectivity index (χ0) is 13.8. The summed E-state index contributed by atoms with van der Waals surface area (Å²) in [6, 6.07) is 10.5. The molecule has 19 heavy (non-hydrogen) atoms. The largest absolute Gasteiger partial charge is 0.496 e. The van der Waals surface area contributed by atoms with E-state index < -0.39 is 0 Å². The smallest absolute Gasteiger partial charge is 0.262 e. The van der Waals surface area contributed by atoms with E-state index in [0.29, 0.717) is 22.8 Å². The van der Waals surface area contributed by atoms with Gasteiger partial charge in [-0.05, 0) is 24.3 Å². The van der Waals surface area contributed by atoms with Gasteiger partial charge in [-0.3, -0.25) is 9.69 Å². The van der Waals surface area contributed by atoms with Crippen LogP contribution in [0, 0.1) is 0 Å². The van der Waals surface area contributed by atoms with Crippen LogP contribution in [0.15, 0.2) is 42.6 Å². The highest BCUT2D eigenvalue weighted by Gasteiger charge is 2.17. The molecular formula is C14H15N3O2. The average Bonchev–Trinajstić information content (AvgIpc) is 2.46. The van der Waals surface area contributed by atoms with Gasteiger partial charge in [0.15, 0.2) is 0 Å². The standard InChI is InChI=1S/C14H15N3O2/c1-17(13-8-7-10(15)9-16-13)14(18)11-5-3-4-6-12(11)19-2/h3-9H,15H2,1-2H3. The minimum absolute atomic E-state index is 0.185. The maximum atomic E-state index is 12.4. The van der Waals surface area contributed by atoms with Crippen molar-refractivity contribution in [2.75, 3.05) is 24.8 Å². The minimum Gasteiger partial charge on any atom is -0.496 e. The molecule has 1 amide bonds. The highest BCUT2D eigenvalue weighted by atomic mass is 16.5. The van der Waals surface area contributed by atoms with Gasteiger partial charge in [-0.15, -0.1) is 0 Å². The van der Waals surface area contributed by atoms with Crippen LogP contribution < -0.4 is 15.4 Å². The fraction of sp³-hybridized carbons (Fsp3) is 0.143. The number of carbonyl (C=O) groups excluding carboxylic acids is 1. The Labute approximate surface area is 111 Å². The number of nitrogens with zero attached hydrogens (tertiary/aromatic N) is 2. The number of rotatable bonds is 3. The molecule has 2 rings (SSSR count). The zero-order valence-electron chi connectivity index (χ0n) is 10.8. The third-order valence-electron chi connectivity index (χ3n) is 2.76. The Balaban J connectivity index is 2.30. The number of aromatic nitrogens is 1. The lowest BCUT2D eigenvalue weighted by atomic mass is 10.2. The van der Waals surface area contributed by atoms with Crippen molar-refractivity contribution in [1.29, 1.82) is 0 Å². The lowest BCUT2D eigenvalue weighted by Gasteiger charge is -2.17. The van der Waals surface area contributed by atoms with Crippen molar-refractivity contribution in [1.82, 2.24) is 4.98 Å². The quantitative estimate of drug-likeness (QED) is 0.912. The summed E-state index contributed by atoms with van der Waals surface area (Å²) in [5.41, 5.74) is 6.62. The molecule has 0 saturated carbocycles. The molecule has 0 aliphatic rings. The lowest BCUT2D eigenvalue weighted by Crippen LogP contribution is -2.27. The summed E-state index contributed by atoms with van der Waals surface area (Å²) >= 11 is 0. The van der Waals surface area contributed by atoms with Crippen molar-refractivity contribution in [2.45, 2.75) is 0 Å². The Morgan fingerprint density at radius 1 is 1.26 bits per heavy atom. The summed E-state index contributed by atoms with van der Waals surface area (Å²) in [4.78, 5) is 18.0. The number of ether oxygens (including phenoxy) is 1. The maximum Gasteiger partial charge on any atom is 0.262 e. The maximum absolute atomic E-state index is 12.4. The Hall–Kier alpha value is -2.56. The number of amides is 1. The Kier molecular flexibility index (Phi) is 3.66. The fourth-order valence-electron chi connectivity index (χ4n) is 1.70. The molecule has 0 radical (unpaired) electrons. The first kappa shape index (κ1) is 12.9. The van der Waals surface area contributed by atoms with Gasteiger partial charge in [0.25, 0.3) is 5.91 Å². The van der Waals surface area contributed by atoms with Gasteiger partial charge >= 0.3 is 0 Å². The molecule has 0 saturated heterocycles. The van der Waals surface area contributed by atoms with Crippen molar-refractivity contribution in [3.8, 4) is 5.75 Å². The second kappa shape index (κ2) is 5.39. The number of nitrogens with two attached hydrogens (primary N) is 1. The molecule has 0 spiro atoms. The Morgan fingerprint density at radius 3 is 2.63 bits per heavy atom. The number of hydrogen-bond acceptors (Lipinski definition) is 4. The van der Waals surface area contributed by atoms with Gasteiger partial charge in [-0.25, -0.2) is 4.98 Å². The molecule has 0 bridgehead atoms. The van der Waals surface area contributed by atoms with Gasteiger partial charge in [0.05, 0.1) is 24.6 Å². The molecule has 5 nitrogen and oxygen atoms in total. The number of pyridine rings is 1. The second-order valence-corrected chi connectivity index (χ2v) is 4.01. The van der Waals surface area contributed by atoms with Gasteiger partial charge in [0, 0.05) is 7.05 Å². The Morgan fingerprint density at radius 2 is 2.00 bits per heavy atom. The van der Waals surface area contributed by atoms with E-state index >= 15 is 0 Å². The van der Waals surface area contributed by atoms with Gasteiger partial charge in [0.2, 0.25) is 0 Å². The topological polar surface area (TPSA) is 68.5 Å². The van der Waals surface area contributed by atoms with Crippen LogP contribution >= 0.6 is 0 Å². The van der Waals surface area contributed by atoms with E-state index in [9.17, 15) is 4.79 Å². The van der Waals surface area contributed by atoms with Crippen molar-refractivity contribution >= 4 is 17.4 Å².